The minimum atomic E-state index is -4.45. The van der Waals surface area contributed by atoms with Gasteiger partial charge in [-0.3, -0.25) is 19.4 Å². The number of amides is 4. The molecule has 14 heteroatoms. The number of aromatic nitrogens is 2. The molecular weight excluding hydrogens is 571 g/mol. The predicted octanol–water partition coefficient (Wildman–Crippen LogP) is 4.33. The highest BCUT2D eigenvalue weighted by Crippen LogP contribution is 2.38. The van der Waals surface area contributed by atoms with Crippen LogP contribution in [0.1, 0.15) is 5.56 Å². The molecule has 2 aliphatic heterocycles. The van der Waals surface area contributed by atoms with Crippen LogP contribution in [-0.4, -0.2) is 75.8 Å². The maximum absolute atomic E-state index is 13.1. The first-order valence-electron chi connectivity index (χ1n) is 12.9. The van der Waals surface area contributed by atoms with E-state index in [0.717, 1.165) is 23.8 Å². The van der Waals surface area contributed by atoms with Crippen LogP contribution in [0.4, 0.5) is 35.3 Å². The lowest BCUT2D eigenvalue weighted by Crippen LogP contribution is -2.48. The van der Waals surface area contributed by atoms with Gasteiger partial charge < -0.3 is 10.2 Å². The van der Waals surface area contributed by atoms with Crippen molar-refractivity contribution >= 4 is 46.9 Å². The van der Waals surface area contributed by atoms with Crippen LogP contribution in [0, 0.1) is 0 Å². The van der Waals surface area contributed by atoms with Gasteiger partial charge in [0.15, 0.2) is 0 Å². The smallest absolute Gasteiger partial charge is 0.354 e. The summed E-state index contributed by atoms with van der Waals surface area (Å²) >= 11 is -0.288. The third-order valence-corrected chi connectivity index (χ3v) is 7.41. The monoisotopic (exact) mass is 597 g/mol. The van der Waals surface area contributed by atoms with E-state index < -0.39 is 17.4 Å². The molecule has 2 aromatic heterocycles. The Morgan fingerprint density at radius 1 is 0.976 bits per heavy atom. The molecule has 3 aromatic rings. The van der Waals surface area contributed by atoms with Crippen molar-refractivity contribution in [3.63, 3.8) is 0 Å². The number of thioether (sulfide) groups is 1. The van der Waals surface area contributed by atoms with Crippen LogP contribution >= 0.6 is 11.8 Å². The number of benzene rings is 1. The van der Waals surface area contributed by atoms with Gasteiger partial charge in [-0.2, -0.15) is 13.2 Å². The number of nitrogens with zero attached hydrogens (tertiary/aromatic N) is 6. The Bertz CT molecular complexity index is 1480. The van der Waals surface area contributed by atoms with E-state index in [1.165, 1.54) is 35.4 Å². The summed E-state index contributed by atoms with van der Waals surface area (Å²) in [6, 6.07) is 13.3. The Balaban J connectivity index is 1.17. The van der Waals surface area contributed by atoms with Gasteiger partial charge >= 0.3 is 11.5 Å². The van der Waals surface area contributed by atoms with Crippen LogP contribution in [0.5, 0.6) is 0 Å². The molecule has 0 aliphatic carbocycles. The SMILES string of the molecule is C=C1C(=O)N(c2ccc(SC(F)(F)F)cc2)C(=O)N1Cc1ccnc(NC(=O)CN2CCN(c3ccccn3)CC2)c1. The zero-order valence-corrected chi connectivity index (χ0v) is 23.1. The lowest BCUT2D eigenvalue weighted by atomic mass is 10.2. The standard InChI is InChI=1S/C28H26F3N7O3S/c1-19-26(40)38(21-5-7-22(8-6-21)42-28(29,30)31)27(41)37(19)17-20-9-11-32-23(16-20)34-25(39)18-35-12-14-36(15-13-35)24-4-2-3-10-33-24/h2-11,16H,1,12-15,17-18H2,(H,32,34,39). The molecule has 4 amide bonds. The number of alkyl halides is 3. The number of nitrogens with one attached hydrogen (secondary N) is 1. The number of anilines is 3. The molecule has 0 saturated carbocycles. The molecule has 2 saturated heterocycles. The fourth-order valence-corrected chi connectivity index (χ4v) is 5.18. The van der Waals surface area contributed by atoms with E-state index in [9.17, 15) is 27.6 Å². The van der Waals surface area contributed by atoms with Crippen LogP contribution in [0.3, 0.4) is 0 Å². The van der Waals surface area contributed by atoms with Crippen molar-refractivity contribution in [1.29, 1.82) is 0 Å². The molecule has 0 spiro atoms. The van der Waals surface area contributed by atoms with Crippen molar-refractivity contribution in [3.8, 4) is 0 Å². The summed E-state index contributed by atoms with van der Waals surface area (Å²) in [5, 5.41) is 2.78. The second kappa shape index (κ2) is 12.2. The summed E-state index contributed by atoms with van der Waals surface area (Å²) in [6.07, 6.45) is 3.23. The minimum Gasteiger partial charge on any atom is -0.354 e. The van der Waals surface area contributed by atoms with E-state index in [1.54, 1.807) is 18.3 Å². The summed E-state index contributed by atoms with van der Waals surface area (Å²) in [4.78, 5) is 53.4. The van der Waals surface area contributed by atoms with E-state index in [1.807, 2.05) is 23.1 Å². The average molecular weight is 598 g/mol. The highest BCUT2D eigenvalue weighted by molar-refractivity contribution is 8.00. The van der Waals surface area contributed by atoms with Gasteiger partial charge in [-0.15, -0.1) is 0 Å². The molecule has 5 rings (SSSR count). The van der Waals surface area contributed by atoms with Gasteiger partial charge in [0.25, 0.3) is 5.91 Å². The number of urea groups is 1. The van der Waals surface area contributed by atoms with Crippen LogP contribution in [0.2, 0.25) is 0 Å². The molecule has 218 valence electrons. The maximum Gasteiger partial charge on any atom is 0.446 e. The van der Waals surface area contributed by atoms with E-state index in [2.05, 4.69) is 26.8 Å². The number of halogens is 3. The van der Waals surface area contributed by atoms with Gasteiger partial charge in [0.1, 0.15) is 17.3 Å². The Kier molecular flexibility index (Phi) is 8.45. The summed E-state index contributed by atoms with van der Waals surface area (Å²) in [7, 11) is 0. The lowest BCUT2D eigenvalue weighted by molar-refractivity contribution is -0.117. The Morgan fingerprint density at radius 3 is 2.38 bits per heavy atom. The fraction of sp³-hybridized carbons (Fsp3) is 0.250. The maximum atomic E-state index is 13.1. The quantitative estimate of drug-likeness (QED) is 0.233. The number of pyridine rings is 2. The van der Waals surface area contributed by atoms with Crippen LogP contribution in [-0.2, 0) is 16.1 Å². The summed E-state index contributed by atoms with van der Waals surface area (Å²) in [5.74, 6) is 0.287. The molecule has 10 nitrogen and oxygen atoms in total. The largest absolute Gasteiger partial charge is 0.446 e. The van der Waals surface area contributed by atoms with Crippen LogP contribution < -0.4 is 15.1 Å². The highest BCUT2D eigenvalue weighted by atomic mass is 32.2. The number of carbonyl (C=O) groups excluding carboxylic acids is 3. The normalized spacial score (nSPS) is 16.4. The van der Waals surface area contributed by atoms with Gasteiger partial charge in [0.2, 0.25) is 5.91 Å². The first-order valence-corrected chi connectivity index (χ1v) is 13.7. The molecule has 0 radical (unpaired) electrons. The zero-order chi connectivity index (χ0) is 29.9. The first-order chi connectivity index (χ1) is 20.1. The van der Waals surface area contributed by atoms with Crippen molar-refractivity contribution in [1.82, 2.24) is 19.8 Å². The van der Waals surface area contributed by atoms with Crippen molar-refractivity contribution in [2.45, 2.75) is 16.9 Å². The number of carbonyl (C=O) groups is 3. The minimum absolute atomic E-state index is 0.0250. The second-order valence-electron chi connectivity index (χ2n) is 9.55. The topological polar surface area (TPSA) is 102 Å². The van der Waals surface area contributed by atoms with E-state index in [0.29, 0.717) is 24.5 Å². The molecular formula is C28H26F3N7O3S. The molecule has 2 fully saturated rings. The van der Waals surface area contributed by atoms with Gasteiger partial charge in [0.05, 0.1) is 18.8 Å². The van der Waals surface area contributed by atoms with E-state index >= 15 is 0 Å². The average Bonchev–Trinajstić information content (AvgIpc) is 3.16. The number of piperazine rings is 1. The highest BCUT2D eigenvalue weighted by Gasteiger charge is 2.41. The van der Waals surface area contributed by atoms with Crippen LogP contribution in [0.25, 0.3) is 0 Å². The lowest BCUT2D eigenvalue weighted by Gasteiger charge is -2.34. The Morgan fingerprint density at radius 2 is 1.71 bits per heavy atom. The third kappa shape index (κ3) is 6.89. The van der Waals surface area contributed by atoms with Crippen molar-refractivity contribution < 1.29 is 27.6 Å². The van der Waals surface area contributed by atoms with E-state index in [4.69, 9.17) is 0 Å². The fourth-order valence-electron chi connectivity index (χ4n) is 4.64. The number of rotatable bonds is 8. The number of hydrogen-bond acceptors (Lipinski definition) is 8. The van der Waals surface area contributed by atoms with Crippen molar-refractivity contribution in [2.24, 2.45) is 0 Å². The Hall–Kier alpha value is -4.43. The molecule has 1 N–H and O–H groups in total. The zero-order valence-electron chi connectivity index (χ0n) is 22.3. The van der Waals surface area contributed by atoms with Gasteiger partial charge in [-0.25, -0.2) is 19.7 Å². The summed E-state index contributed by atoms with van der Waals surface area (Å²) in [5.41, 5.74) is -3.82. The van der Waals surface area contributed by atoms with Crippen LogP contribution in [0.15, 0.2) is 84.2 Å². The van der Waals surface area contributed by atoms with Gasteiger partial charge in [-0.05, 0) is 65.9 Å². The number of imide groups is 1. The van der Waals surface area contributed by atoms with Crippen molar-refractivity contribution in [2.75, 3.05) is 47.8 Å². The Labute approximate surface area is 243 Å². The third-order valence-electron chi connectivity index (χ3n) is 6.67. The van der Waals surface area contributed by atoms with E-state index in [-0.39, 0.29) is 47.0 Å². The second-order valence-corrected chi connectivity index (χ2v) is 10.7. The van der Waals surface area contributed by atoms with Crippen molar-refractivity contribution in [3.05, 3.63) is 84.8 Å². The molecule has 0 atom stereocenters. The summed E-state index contributed by atoms with van der Waals surface area (Å²) < 4.78 is 37.9. The predicted molar refractivity (Wildman–Crippen MR) is 152 cm³/mol. The number of hydrogen-bond donors (Lipinski definition) is 1. The molecule has 42 heavy (non-hydrogen) atoms. The molecule has 1 aromatic carbocycles. The molecule has 0 unspecified atom stereocenters. The molecule has 4 heterocycles. The summed E-state index contributed by atoms with van der Waals surface area (Å²) in [6.45, 7) is 6.79. The first kappa shape index (κ1) is 29.1. The molecule has 2 aliphatic rings. The molecule has 0 bridgehead atoms. The van der Waals surface area contributed by atoms with Gasteiger partial charge in [-0.1, -0.05) is 12.6 Å². The van der Waals surface area contributed by atoms with Gasteiger partial charge in [0, 0.05) is 43.5 Å².